The minimum Gasteiger partial charge on any atom is -0.388 e. The van der Waals surface area contributed by atoms with E-state index in [2.05, 4.69) is 32.2 Å². The Morgan fingerprint density at radius 3 is 2.88 bits per heavy atom. The number of thioether (sulfide) groups is 1. The van der Waals surface area contributed by atoms with Gasteiger partial charge < -0.3 is 10.4 Å². The summed E-state index contributed by atoms with van der Waals surface area (Å²) in [5.41, 5.74) is 0.938. The summed E-state index contributed by atoms with van der Waals surface area (Å²) in [5, 5.41) is 13.6. The molecule has 0 bridgehead atoms. The number of allylic oxidation sites excluding steroid dienone is 2. The largest absolute Gasteiger partial charge is 0.388 e. The van der Waals surface area contributed by atoms with Gasteiger partial charge in [0.25, 0.3) is 0 Å². The molecule has 2 atom stereocenters. The molecular weight excluding hydrogens is 218 g/mol. The number of rotatable bonds is 6. The Morgan fingerprint density at radius 2 is 2.31 bits per heavy atom. The molecule has 0 amide bonds. The van der Waals surface area contributed by atoms with Crippen LogP contribution in [-0.2, 0) is 0 Å². The van der Waals surface area contributed by atoms with E-state index >= 15 is 0 Å². The lowest BCUT2D eigenvalue weighted by Crippen LogP contribution is -2.43. The third-order valence-electron chi connectivity index (χ3n) is 3.01. The van der Waals surface area contributed by atoms with Gasteiger partial charge in [-0.3, -0.25) is 0 Å². The van der Waals surface area contributed by atoms with Crippen LogP contribution in [0.2, 0.25) is 0 Å². The lowest BCUT2D eigenvalue weighted by Gasteiger charge is -2.24. The van der Waals surface area contributed by atoms with Gasteiger partial charge in [0.2, 0.25) is 0 Å². The maximum Gasteiger partial charge on any atom is 0.0869 e. The molecule has 1 aliphatic heterocycles. The summed E-state index contributed by atoms with van der Waals surface area (Å²) >= 11 is 1.85. The Kier molecular flexibility index (Phi) is 5.87. The van der Waals surface area contributed by atoms with Crippen molar-refractivity contribution in [3.8, 4) is 0 Å². The average molecular weight is 243 g/mol. The Balaban J connectivity index is 2.14. The molecule has 0 radical (unpaired) electrons. The Bertz CT molecular complexity index is 230. The molecule has 2 N–H and O–H groups in total. The molecule has 16 heavy (non-hydrogen) atoms. The van der Waals surface area contributed by atoms with E-state index in [4.69, 9.17) is 0 Å². The molecule has 0 aliphatic carbocycles. The highest BCUT2D eigenvalue weighted by atomic mass is 32.2. The average Bonchev–Trinajstić information content (AvgIpc) is 2.62. The molecule has 3 heteroatoms. The second-order valence-corrected chi connectivity index (χ2v) is 6.27. The standard InChI is InChI=1S/C13H25NOS/c1-11(2)5-4-6-12(3)14-9-13(15)7-8-16-10-13/h5,12,14-15H,4,6-10H2,1-3H3/t12-,13+/m1/s1. The second kappa shape index (κ2) is 6.67. The highest BCUT2D eigenvalue weighted by Crippen LogP contribution is 2.27. The van der Waals surface area contributed by atoms with Crippen LogP contribution < -0.4 is 5.32 Å². The number of aliphatic hydroxyl groups is 1. The molecule has 1 saturated heterocycles. The van der Waals surface area contributed by atoms with Gasteiger partial charge in [0, 0.05) is 18.3 Å². The number of hydrogen-bond acceptors (Lipinski definition) is 3. The van der Waals surface area contributed by atoms with Crippen LogP contribution in [0, 0.1) is 0 Å². The van der Waals surface area contributed by atoms with E-state index < -0.39 is 5.60 Å². The smallest absolute Gasteiger partial charge is 0.0869 e. The van der Waals surface area contributed by atoms with E-state index in [1.54, 1.807) is 0 Å². The minimum atomic E-state index is -0.449. The van der Waals surface area contributed by atoms with E-state index in [1.165, 1.54) is 5.57 Å². The molecule has 0 aromatic carbocycles. The Hall–Kier alpha value is 0.0100. The molecule has 0 aromatic heterocycles. The van der Waals surface area contributed by atoms with Crippen molar-refractivity contribution in [2.24, 2.45) is 0 Å². The van der Waals surface area contributed by atoms with Crippen molar-refractivity contribution in [2.45, 2.75) is 51.7 Å². The Morgan fingerprint density at radius 1 is 1.56 bits per heavy atom. The first-order valence-electron chi connectivity index (χ1n) is 6.19. The van der Waals surface area contributed by atoms with Crippen molar-refractivity contribution >= 4 is 11.8 Å². The van der Waals surface area contributed by atoms with Crippen LogP contribution in [0.1, 0.15) is 40.0 Å². The summed E-state index contributed by atoms with van der Waals surface area (Å²) in [4.78, 5) is 0. The van der Waals surface area contributed by atoms with Crippen LogP contribution in [0.25, 0.3) is 0 Å². The lowest BCUT2D eigenvalue weighted by atomic mass is 10.0. The SMILES string of the molecule is CC(C)=CCC[C@@H](C)NC[C@@]1(O)CCSC1. The normalized spacial score (nSPS) is 26.8. The molecule has 0 unspecified atom stereocenters. The maximum absolute atomic E-state index is 10.2. The third-order valence-corrected chi connectivity index (χ3v) is 4.25. The molecule has 2 nitrogen and oxygen atoms in total. The van der Waals surface area contributed by atoms with Crippen LogP contribution >= 0.6 is 11.8 Å². The summed E-state index contributed by atoms with van der Waals surface area (Å²) in [7, 11) is 0. The van der Waals surface area contributed by atoms with Gasteiger partial charge in [-0.25, -0.2) is 0 Å². The molecule has 1 fully saturated rings. The van der Waals surface area contributed by atoms with Crippen LogP contribution in [0.5, 0.6) is 0 Å². The van der Waals surface area contributed by atoms with Gasteiger partial charge in [-0.2, -0.15) is 11.8 Å². The topological polar surface area (TPSA) is 32.3 Å². The van der Waals surface area contributed by atoms with E-state index in [1.807, 2.05) is 11.8 Å². The van der Waals surface area contributed by atoms with Gasteiger partial charge in [-0.15, -0.1) is 0 Å². The van der Waals surface area contributed by atoms with E-state index in [0.29, 0.717) is 6.04 Å². The van der Waals surface area contributed by atoms with Crippen molar-refractivity contribution in [3.05, 3.63) is 11.6 Å². The fourth-order valence-electron chi connectivity index (χ4n) is 1.82. The van der Waals surface area contributed by atoms with Gasteiger partial charge in [0.05, 0.1) is 5.60 Å². The maximum atomic E-state index is 10.2. The highest BCUT2D eigenvalue weighted by molar-refractivity contribution is 7.99. The molecular formula is C13H25NOS. The lowest BCUT2D eigenvalue weighted by molar-refractivity contribution is 0.0649. The predicted molar refractivity (Wildman–Crippen MR) is 73.0 cm³/mol. The first kappa shape index (κ1) is 14.1. The molecule has 0 aromatic rings. The number of hydrogen-bond donors (Lipinski definition) is 2. The predicted octanol–water partition coefficient (Wildman–Crippen LogP) is 2.58. The molecule has 0 saturated carbocycles. The van der Waals surface area contributed by atoms with Crippen LogP contribution in [0.15, 0.2) is 11.6 Å². The zero-order valence-electron chi connectivity index (χ0n) is 10.8. The number of nitrogens with one attached hydrogen (secondary N) is 1. The second-order valence-electron chi connectivity index (χ2n) is 5.17. The van der Waals surface area contributed by atoms with Crippen molar-refractivity contribution in [3.63, 3.8) is 0 Å². The monoisotopic (exact) mass is 243 g/mol. The zero-order valence-corrected chi connectivity index (χ0v) is 11.6. The molecule has 1 heterocycles. The van der Waals surface area contributed by atoms with Crippen LogP contribution in [0.3, 0.4) is 0 Å². The van der Waals surface area contributed by atoms with E-state index in [0.717, 1.165) is 37.3 Å². The summed E-state index contributed by atoms with van der Waals surface area (Å²) in [5.74, 6) is 1.99. The molecule has 0 spiro atoms. The van der Waals surface area contributed by atoms with Gasteiger partial charge in [-0.05, 0) is 45.8 Å². The van der Waals surface area contributed by atoms with Crippen molar-refractivity contribution < 1.29 is 5.11 Å². The molecule has 1 rings (SSSR count). The molecule has 94 valence electrons. The fourth-order valence-corrected chi connectivity index (χ4v) is 3.12. The van der Waals surface area contributed by atoms with E-state index in [-0.39, 0.29) is 0 Å². The van der Waals surface area contributed by atoms with Crippen molar-refractivity contribution in [1.82, 2.24) is 5.32 Å². The minimum absolute atomic E-state index is 0.449. The zero-order chi connectivity index (χ0) is 12.0. The summed E-state index contributed by atoms with van der Waals surface area (Å²) < 4.78 is 0. The van der Waals surface area contributed by atoms with Crippen LogP contribution in [-0.4, -0.2) is 34.8 Å². The highest BCUT2D eigenvalue weighted by Gasteiger charge is 2.31. The summed E-state index contributed by atoms with van der Waals surface area (Å²) in [6, 6.07) is 0.491. The fraction of sp³-hybridized carbons (Fsp3) is 0.846. The molecule has 1 aliphatic rings. The van der Waals surface area contributed by atoms with Gasteiger partial charge >= 0.3 is 0 Å². The quantitative estimate of drug-likeness (QED) is 0.703. The summed E-state index contributed by atoms with van der Waals surface area (Å²) in [6.07, 6.45) is 5.49. The van der Waals surface area contributed by atoms with E-state index in [9.17, 15) is 5.11 Å². The first-order chi connectivity index (χ1) is 7.52. The summed E-state index contributed by atoms with van der Waals surface area (Å²) in [6.45, 7) is 7.22. The van der Waals surface area contributed by atoms with Gasteiger partial charge in [0.15, 0.2) is 0 Å². The Labute approximate surface area is 104 Å². The van der Waals surface area contributed by atoms with Crippen molar-refractivity contribution in [2.75, 3.05) is 18.1 Å². The van der Waals surface area contributed by atoms with Crippen LogP contribution in [0.4, 0.5) is 0 Å². The first-order valence-corrected chi connectivity index (χ1v) is 7.34. The van der Waals surface area contributed by atoms with Gasteiger partial charge in [-0.1, -0.05) is 11.6 Å². The van der Waals surface area contributed by atoms with Crippen molar-refractivity contribution in [1.29, 1.82) is 0 Å². The van der Waals surface area contributed by atoms with Gasteiger partial charge in [0.1, 0.15) is 0 Å². The third kappa shape index (κ3) is 5.37.